The van der Waals surface area contributed by atoms with Gasteiger partial charge < -0.3 is 10.0 Å². The van der Waals surface area contributed by atoms with Crippen LogP contribution >= 0.6 is 11.3 Å². The van der Waals surface area contributed by atoms with Crippen molar-refractivity contribution in [3.8, 4) is 10.4 Å². The Hall–Kier alpha value is -3.06. The molecule has 0 unspecified atom stereocenters. The van der Waals surface area contributed by atoms with Gasteiger partial charge in [0.15, 0.2) is 0 Å². The molecule has 1 heterocycles. The molecule has 7 heteroatoms. The minimum absolute atomic E-state index is 0.0217. The number of amides is 1. The Morgan fingerprint density at radius 3 is 2.37 bits per heavy atom. The number of thiophene rings is 1. The molecule has 0 saturated carbocycles. The number of anilines is 1. The molecule has 0 aliphatic heterocycles. The third-order valence-corrected chi connectivity index (χ3v) is 5.14. The van der Waals surface area contributed by atoms with Crippen LogP contribution in [0.4, 0.5) is 14.5 Å². The molecule has 0 aliphatic rings. The van der Waals surface area contributed by atoms with Gasteiger partial charge in [0.2, 0.25) is 5.91 Å². The van der Waals surface area contributed by atoms with Crippen LogP contribution < -0.4 is 4.90 Å². The van der Waals surface area contributed by atoms with Crippen molar-refractivity contribution in [2.75, 3.05) is 4.90 Å². The Kier molecular flexibility index (Phi) is 5.32. The van der Waals surface area contributed by atoms with Crippen LogP contribution in [0, 0.1) is 11.6 Å². The minimum Gasteiger partial charge on any atom is -0.477 e. The molecule has 1 aromatic heterocycles. The van der Waals surface area contributed by atoms with Crippen LogP contribution in [0.3, 0.4) is 0 Å². The highest BCUT2D eigenvalue weighted by molar-refractivity contribution is 7.18. The number of carboxylic acid groups (broad SMARTS) is 1. The molecular formula is C20H15F2NO3S. The Morgan fingerprint density at radius 1 is 1.07 bits per heavy atom. The van der Waals surface area contributed by atoms with E-state index in [2.05, 4.69) is 0 Å². The number of rotatable bonds is 5. The first kappa shape index (κ1) is 18.7. The largest absolute Gasteiger partial charge is 0.477 e. The zero-order valence-electron chi connectivity index (χ0n) is 14.3. The van der Waals surface area contributed by atoms with Gasteiger partial charge in [-0.1, -0.05) is 36.4 Å². The summed E-state index contributed by atoms with van der Waals surface area (Å²) >= 11 is 1.04. The van der Waals surface area contributed by atoms with Gasteiger partial charge in [0.25, 0.3) is 0 Å². The van der Waals surface area contributed by atoms with Gasteiger partial charge in [-0.05, 0) is 17.7 Å². The lowest BCUT2D eigenvalue weighted by Gasteiger charge is -2.21. The van der Waals surface area contributed by atoms with E-state index in [-0.39, 0.29) is 22.7 Å². The van der Waals surface area contributed by atoms with Gasteiger partial charge in [-0.25, -0.2) is 13.6 Å². The van der Waals surface area contributed by atoms with E-state index in [4.69, 9.17) is 0 Å². The highest BCUT2D eigenvalue weighted by atomic mass is 32.1. The van der Waals surface area contributed by atoms with Crippen LogP contribution in [0.1, 0.15) is 22.2 Å². The van der Waals surface area contributed by atoms with Crippen LogP contribution in [-0.2, 0) is 11.3 Å². The molecule has 4 nitrogen and oxygen atoms in total. The molecular weight excluding hydrogens is 372 g/mol. The van der Waals surface area contributed by atoms with E-state index < -0.39 is 23.5 Å². The fourth-order valence-corrected chi connectivity index (χ4v) is 3.67. The monoisotopic (exact) mass is 387 g/mol. The van der Waals surface area contributed by atoms with Crippen LogP contribution in [0.2, 0.25) is 0 Å². The lowest BCUT2D eigenvalue weighted by atomic mass is 10.1. The zero-order valence-corrected chi connectivity index (χ0v) is 15.1. The first-order valence-electron chi connectivity index (χ1n) is 8.01. The van der Waals surface area contributed by atoms with E-state index in [1.807, 2.05) is 30.3 Å². The Morgan fingerprint density at radius 2 is 1.78 bits per heavy atom. The van der Waals surface area contributed by atoms with Crippen molar-refractivity contribution < 1.29 is 23.5 Å². The Bertz CT molecular complexity index is 1000. The smallest absolute Gasteiger partial charge is 0.348 e. The second kappa shape index (κ2) is 7.67. The van der Waals surface area contributed by atoms with Gasteiger partial charge in [0.1, 0.15) is 16.5 Å². The summed E-state index contributed by atoms with van der Waals surface area (Å²) in [5.74, 6) is -3.14. The molecule has 138 valence electrons. The lowest BCUT2D eigenvalue weighted by Crippen LogP contribution is -2.29. The highest BCUT2D eigenvalue weighted by Crippen LogP contribution is 2.37. The topological polar surface area (TPSA) is 57.6 Å². The average molecular weight is 387 g/mol. The van der Waals surface area contributed by atoms with Crippen molar-refractivity contribution in [2.45, 2.75) is 13.5 Å². The van der Waals surface area contributed by atoms with E-state index >= 15 is 0 Å². The summed E-state index contributed by atoms with van der Waals surface area (Å²) in [5, 5.41) is 9.56. The molecule has 0 bridgehead atoms. The molecule has 0 spiro atoms. The highest BCUT2D eigenvalue weighted by Gasteiger charge is 2.24. The molecule has 0 radical (unpaired) electrons. The first-order valence-corrected chi connectivity index (χ1v) is 8.83. The van der Waals surface area contributed by atoms with E-state index in [0.29, 0.717) is 4.88 Å². The second-order valence-electron chi connectivity index (χ2n) is 5.84. The number of carboxylic acids is 1. The summed E-state index contributed by atoms with van der Waals surface area (Å²) in [6, 6.07) is 13.8. The number of aromatic carboxylic acids is 1. The number of hydrogen-bond acceptors (Lipinski definition) is 3. The lowest BCUT2D eigenvalue weighted by molar-refractivity contribution is -0.116. The fourth-order valence-electron chi connectivity index (χ4n) is 2.67. The quantitative estimate of drug-likeness (QED) is 0.674. The summed E-state index contributed by atoms with van der Waals surface area (Å²) in [6.07, 6.45) is 0. The van der Waals surface area contributed by atoms with Gasteiger partial charge in [0.05, 0.1) is 12.2 Å². The Balaban J connectivity index is 2.05. The van der Waals surface area contributed by atoms with Crippen molar-refractivity contribution in [1.82, 2.24) is 0 Å². The van der Waals surface area contributed by atoms with Gasteiger partial charge in [0, 0.05) is 23.4 Å². The number of hydrogen-bond donors (Lipinski definition) is 1. The van der Waals surface area contributed by atoms with Gasteiger partial charge in [-0.15, -0.1) is 11.3 Å². The van der Waals surface area contributed by atoms with Gasteiger partial charge in [-0.2, -0.15) is 0 Å². The molecule has 2 aromatic carbocycles. The minimum atomic E-state index is -1.18. The van der Waals surface area contributed by atoms with E-state index in [1.165, 1.54) is 17.9 Å². The standard InChI is InChI=1S/C20H15F2NO3S/c1-12(24)23(11-14-7-8-15(21)9-16(14)22)17-10-18(27-19(17)20(25)26)13-5-3-2-4-6-13/h2-10H,11H2,1H3,(H,25,26). The van der Waals surface area contributed by atoms with Crippen LogP contribution in [0.15, 0.2) is 54.6 Å². The summed E-state index contributed by atoms with van der Waals surface area (Å²) in [4.78, 5) is 25.7. The van der Waals surface area contributed by atoms with E-state index in [0.717, 1.165) is 29.0 Å². The number of carbonyl (C=O) groups is 2. The molecule has 3 aromatic rings. The number of nitrogens with zero attached hydrogens (tertiary/aromatic N) is 1. The predicted octanol–water partition coefficient (Wildman–Crippen LogP) is 4.94. The van der Waals surface area contributed by atoms with Crippen molar-refractivity contribution >= 4 is 28.9 Å². The number of carbonyl (C=O) groups excluding carboxylic acids is 1. The molecule has 0 atom stereocenters. The third kappa shape index (κ3) is 4.03. The molecule has 0 aliphatic carbocycles. The van der Waals surface area contributed by atoms with Crippen LogP contribution in [0.25, 0.3) is 10.4 Å². The van der Waals surface area contributed by atoms with Gasteiger partial charge >= 0.3 is 5.97 Å². The molecule has 0 saturated heterocycles. The summed E-state index contributed by atoms with van der Waals surface area (Å²) in [7, 11) is 0. The van der Waals surface area contributed by atoms with Gasteiger partial charge in [-0.3, -0.25) is 4.79 Å². The second-order valence-corrected chi connectivity index (χ2v) is 6.89. The fraction of sp³-hybridized carbons (Fsp3) is 0.100. The van der Waals surface area contributed by atoms with Crippen molar-refractivity contribution in [1.29, 1.82) is 0 Å². The van der Waals surface area contributed by atoms with Crippen LogP contribution in [-0.4, -0.2) is 17.0 Å². The molecule has 0 fully saturated rings. The SMILES string of the molecule is CC(=O)N(Cc1ccc(F)cc1F)c1cc(-c2ccccc2)sc1C(=O)O. The predicted molar refractivity (Wildman–Crippen MR) is 99.9 cm³/mol. The molecule has 3 rings (SSSR count). The maximum Gasteiger partial charge on any atom is 0.348 e. The van der Waals surface area contributed by atoms with Crippen molar-refractivity contribution in [2.24, 2.45) is 0 Å². The third-order valence-electron chi connectivity index (χ3n) is 3.98. The molecule has 1 amide bonds. The molecule has 27 heavy (non-hydrogen) atoms. The summed E-state index contributed by atoms with van der Waals surface area (Å²) in [6.45, 7) is 1.07. The molecule has 1 N–H and O–H groups in total. The summed E-state index contributed by atoms with van der Waals surface area (Å²) < 4.78 is 27.2. The number of halogens is 2. The van der Waals surface area contributed by atoms with Crippen molar-refractivity contribution in [3.05, 3.63) is 76.7 Å². The first-order chi connectivity index (χ1) is 12.9. The Labute approximate surface area is 158 Å². The number of benzene rings is 2. The van der Waals surface area contributed by atoms with E-state index in [1.54, 1.807) is 6.07 Å². The maximum atomic E-state index is 14.0. The average Bonchev–Trinajstić information content (AvgIpc) is 3.07. The van der Waals surface area contributed by atoms with Crippen LogP contribution in [0.5, 0.6) is 0 Å². The maximum absolute atomic E-state index is 14.0. The zero-order chi connectivity index (χ0) is 19.6. The van der Waals surface area contributed by atoms with Crippen molar-refractivity contribution in [3.63, 3.8) is 0 Å². The van der Waals surface area contributed by atoms with E-state index in [9.17, 15) is 23.5 Å². The summed E-state index contributed by atoms with van der Waals surface area (Å²) in [5.41, 5.74) is 1.09. The normalized spacial score (nSPS) is 10.6.